The first-order valence-electron chi connectivity index (χ1n) is 11.7. The summed E-state index contributed by atoms with van der Waals surface area (Å²) in [5.74, 6) is -1.06. The van der Waals surface area contributed by atoms with Crippen LogP contribution in [-0.2, 0) is 13.9 Å². The smallest absolute Gasteiger partial charge is 0.333 e. The first-order chi connectivity index (χ1) is 17.2. The van der Waals surface area contributed by atoms with E-state index in [1.807, 2.05) is 37.3 Å². The minimum absolute atomic E-state index is 0.0687. The fourth-order valence-electron chi connectivity index (χ4n) is 4.36. The predicted octanol–water partition coefficient (Wildman–Crippen LogP) is 6.07. The molecule has 0 spiro atoms. The predicted molar refractivity (Wildman–Crippen MR) is 138 cm³/mol. The van der Waals surface area contributed by atoms with Crippen LogP contribution < -0.4 is 4.74 Å². The Morgan fingerprint density at radius 3 is 2.36 bits per heavy atom. The second kappa shape index (κ2) is 10.5. The summed E-state index contributed by atoms with van der Waals surface area (Å²) in [6, 6.07) is 15.6. The maximum Gasteiger partial charge on any atom is 0.333 e. The molecule has 6 nitrogen and oxygen atoms in total. The summed E-state index contributed by atoms with van der Waals surface area (Å²) in [6.45, 7) is 6.86. The molecule has 8 heteroatoms. The first kappa shape index (κ1) is 26.0. The van der Waals surface area contributed by atoms with Gasteiger partial charge in [0, 0.05) is 24.2 Å². The first-order valence-corrected chi connectivity index (χ1v) is 13.0. The Bertz CT molecular complexity index is 1310. The van der Waals surface area contributed by atoms with Crippen molar-refractivity contribution in [2.45, 2.75) is 43.9 Å². The molecule has 0 aliphatic heterocycles. The quantitative estimate of drug-likeness (QED) is 0.214. The molecule has 3 atom stereocenters. The van der Waals surface area contributed by atoms with Gasteiger partial charge in [-0.3, -0.25) is 4.57 Å². The van der Waals surface area contributed by atoms with Crippen molar-refractivity contribution in [3.8, 4) is 28.1 Å². The van der Waals surface area contributed by atoms with E-state index in [0.29, 0.717) is 16.8 Å². The number of esters is 1. The van der Waals surface area contributed by atoms with Gasteiger partial charge >= 0.3 is 5.97 Å². The maximum atomic E-state index is 13.8. The van der Waals surface area contributed by atoms with Gasteiger partial charge in [-0.05, 0) is 49.9 Å². The maximum absolute atomic E-state index is 13.8. The molecule has 3 unspecified atom stereocenters. The fraction of sp³-hybridized carbons (Fsp3) is 0.286. The molecule has 1 heterocycles. The van der Waals surface area contributed by atoms with Crippen LogP contribution in [0.3, 0.4) is 0 Å². The number of hydrogen-bond donors (Lipinski definition) is 1. The number of benzene rings is 2. The molecule has 1 fully saturated rings. The zero-order valence-electron chi connectivity index (χ0n) is 20.5. The molecule has 1 aromatic heterocycles. The molecule has 0 bridgehead atoms. The average Bonchev–Trinajstić information content (AvgIpc) is 3.71. The highest BCUT2D eigenvalue weighted by Gasteiger charge is 2.49. The minimum atomic E-state index is -3.12. The third-order valence-electron chi connectivity index (χ3n) is 6.60. The standard InChI is InChI=1S/C28H29FNO5P/c1-5-28(18(3)31,36(33)34-4)27(32)35-26-23(19-13-15-22(29)16-14-19)17(2)24(20-9-7-6-8-10-20)30-25(26)21-11-12-21/h5-10,13-16,18,21,31,36H,1,11-12H2,2-4H3. The molecule has 188 valence electrons. The molecular formula is C28H29FNO5P. The van der Waals surface area contributed by atoms with Gasteiger partial charge in [-0.15, -0.1) is 6.58 Å². The van der Waals surface area contributed by atoms with Crippen molar-refractivity contribution in [3.05, 3.63) is 84.3 Å². The van der Waals surface area contributed by atoms with Crippen LogP contribution in [0.15, 0.2) is 67.3 Å². The Hall–Kier alpha value is -3.12. The second-order valence-electron chi connectivity index (χ2n) is 8.95. The lowest BCUT2D eigenvalue weighted by molar-refractivity contribution is -0.138. The van der Waals surface area contributed by atoms with Crippen LogP contribution in [0.4, 0.5) is 4.39 Å². The summed E-state index contributed by atoms with van der Waals surface area (Å²) >= 11 is 0. The number of aromatic nitrogens is 1. The van der Waals surface area contributed by atoms with Crippen molar-refractivity contribution in [1.82, 2.24) is 4.98 Å². The van der Waals surface area contributed by atoms with Gasteiger partial charge in [0.1, 0.15) is 5.82 Å². The summed E-state index contributed by atoms with van der Waals surface area (Å²) < 4.78 is 37.7. The van der Waals surface area contributed by atoms with E-state index in [1.54, 1.807) is 12.1 Å². The van der Waals surface area contributed by atoms with Gasteiger partial charge in [0.05, 0.1) is 17.5 Å². The fourth-order valence-corrected chi connectivity index (χ4v) is 5.42. The Balaban J connectivity index is 1.97. The molecule has 1 aliphatic rings. The van der Waals surface area contributed by atoms with Gasteiger partial charge in [0.2, 0.25) is 8.03 Å². The SMILES string of the molecule is C=CC(C(=O)Oc1c(C2CC2)nc(-c2ccccc2)c(C)c1-c1ccc(F)cc1)(C(C)O)[PH](=O)OC. The summed E-state index contributed by atoms with van der Waals surface area (Å²) in [5.41, 5.74) is 4.17. The molecule has 0 amide bonds. The molecule has 1 saturated carbocycles. The molecule has 3 aromatic rings. The lowest BCUT2D eigenvalue weighted by Gasteiger charge is -2.30. The second-order valence-corrected chi connectivity index (χ2v) is 10.8. The molecule has 1 aliphatic carbocycles. The Morgan fingerprint density at radius 1 is 1.19 bits per heavy atom. The van der Waals surface area contributed by atoms with E-state index in [2.05, 4.69) is 6.58 Å². The van der Waals surface area contributed by atoms with E-state index in [4.69, 9.17) is 14.2 Å². The number of pyridine rings is 1. The van der Waals surface area contributed by atoms with Crippen LogP contribution in [0, 0.1) is 12.7 Å². The summed E-state index contributed by atoms with van der Waals surface area (Å²) in [4.78, 5) is 18.5. The molecule has 4 rings (SSSR count). The third kappa shape index (κ3) is 4.66. The highest BCUT2D eigenvalue weighted by molar-refractivity contribution is 7.43. The van der Waals surface area contributed by atoms with Crippen LogP contribution in [0.1, 0.15) is 36.9 Å². The number of nitrogens with zero attached hydrogens (tertiary/aromatic N) is 1. The van der Waals surface area contributed by atoms with Crippen molar-refractivity contribution in [1.29, 1.82) is 0 Å². The summed E-state index contributed by atoms with van der Waals surface area (Å²) in [5, 5.41) is 8.53. The van der Waals surface area contributed by atoms with Crippen LogP contribution >= 0.6 is 8.03 Å². The van der Waals surface area contributed by atoms with Gasteiger partial charge < -0.3 is 14.4 Å². The monoisotopic (exact) mass is 509 g/mol. The van der Waals surface area contributed by atoms with E-state index in [-0.39, 0.29) is 11.7 Å². The van der Waals surface area contributed by atoms with E-state index in [0.717, 1.165) is 35.7 Å². The summed E-state index contributed by atoms with van der Waals surface area (Å²) in [7, 11) is -1.91. The van der Waals surface area contributed by atoms with Crippen molar-refractivity contribution in [3.63, 3.8) is 0 Å². The lowest BCUT2D eigenvalue weighted by Crippen LogP contribution is -2.46. The number of rotatable bonds is 9. The van der Waals surface area contributed by atoms with Gasteiger partial charge in [-0.2, -0.15) is 0 Å². The zero-order chi connectivity index (χ0) is 26.0. The van der Waals surface area contributed by atoms with Gasteiger partial charge in [-0.1, -0.05) is 48.5 Å². The normalized spacial score (nSPS) is 16.6. The Kier molecular flexibility index (Phi) is 7.55. The molecule has 0 saturated heterocycles. The van der Waals surface area contributed by atoms with Crippen molar-refractivity contribution in [2.24, 2.45) is 0 Å². The number of hydrogen-bond acceptors (Lipinski definition) is 6. The van der Waals surface area contributed by atoms with Gasteiger partial charge in [0.25, 0.3) is 0 Å². The van der Waals surface area contributed by atoms with Crippen LogP contribution in [-0.4, -0.2) is 34.4 Å². The van der Waals surface area contributed by atoms with E-state index in [9.17, 15) is 18.9 Å². The molecular weight excluding hydrogens is 480 g/mol. The Labute approximate surface area is 210 Å². The zero-order valence-corrected chi connectivity index (χ0v) is 21.5. The Morgan fingerprint density at radius 2 is 1.83 bits per heavy atom. The van der Waals surface area contributed by atoms with Crippen LogP contribution in [0.2, 0.25) is 0 Å². The summed E-state index contributed by atoms with van der Waals surface area (Å²) in [6.07, 6.45) is 1.48. The number of halogens is 1. The molecule has 1 N–H and O–H groups in total. The number of carbonyl (C=O) groups excluding carboxylic acids is 1. The number of ether oxygens (including phenoxy) is 1. The van der Waals surface area contributed by atoms with Crippen LogP contribution in [0.5, 0.6) is 5.75 Å². The third-order valence-corrected chi connectivity index (χ3v) is 8.48. The number of aliphatic hydroxyl groups excluding tert-OH is 1. The molecule has 2 aromatic carbocycles. The van der Waals surface area contributed by atoms with Crippen molar-refractivity contribution < 1.29 is 28.1 Å². The minimum Gasteiger partial charge on any atom is -0.423 e. The van der Waals surface area contributed by atoms with Crippen molar-refractivity contribution >= 4 is 14.0 Å². The lowest BCUT2D eigenvalue weighted by atomic mass is 9.93. The molecule has 36 heavy (non-hydrogen) atoms. The van der Waals surface area contributed by atoms with Crippen molar-refractivity contribution in [2.75, 3.05) is 7.11 Å². The van der Waals surface area contributed by atoms with E-state index >= 15 is 0 Å². The van der Waals surface area contributed by atoms with E-state index < -0.39 is 31.1 Å². The average molecular weight is 510 g/mol. The highest BCUT2D eigenvalue weighted by atomic mass is 31.1. The largest absolute Gasteiger partial charge is 0.423 e. The highest BCUT2D eigenvalue weighted by Crippen LogP contribution is 2.51. The van der Waals surface area contributed by atoms with Gasteiger partial charge in [0.15, 0.2) is 10.9 Å². The topological polar surface area (TPSA) is 85.7 Å². The van der Waals surface area contributed by atoms with Crippen LogP contribution in [0.25, 0.3) is 22.4 Å². The van der Waals surface area contributed by atoms with E-state index in [1.165, 1.54) is 26.2 Å². The molecule has 0 radical (unpaired) electrons. The number of carbonyl (C=O) groups is 1. The number of aliphatic hydroxyl groups is 1. The van der Waals surface area contributed by atoms with Gasteiger partial charge in [-0.25, -0.2) is 14.2 Å².